The quantitative estimate of drug-likeness (QED) is 0.0875. The fraction of sp³-hybridized carbons (Fsp3) is 0.362. The second kappa shape index (κ2) is 17.1. The van der Waals surface area contributed by atoms with E-state index in [1.807, 2.05) is 29.2 Å². The smallest absolute Gasteiger partial charge is 0.262 e. The van der Waals surface area contributed by atoms with Gasteiger partial charge in [0.2, 0.25) is 11.8 Å². The highest BCUT2D eigenvalue weighted by atomic mass is 35.5. The highest BCUT2D eigenvalue weighted by molar-refractivity contribution is 6.24. The zero-order valence-corrected chi connectivity index (χ0v) is 34.5. The molecule has 4 aliphatic heterocycles. The van der Waals surface area contributed by atoms with Crippen molar-refractivity contribution in [3.63, 3.8) is 0 Å². The Morgan fingerprint density at radius 3 is 1.88 bits per heavy atom. The molecule has 312 valence electrons. The van der Waals surface area contributed by atoms with Crippen molar-refractivity contribution in [3.05, 3.63) is 119 Å². The first-order valence-corrected chi connectivity index (χ1v) is 21.2. The molecule has 0 spiro atoms. The monoisotopic (exact) mass is 833 g/mol. The summed E-state index contributed by atoms with van der Waals surface area (Å²) in [5.74, 6) is -1.80. The van der Waals surface area contributed by atoms with Crippen LogP contribution in [-0.4, -0.2) is 100 Å². The molecule has 11 nitrogen and oxygen atoms in total. The lowest BCUT2D eigenvalue weighted by atomic mass is 9.88. The average molecular weight is 834 g/mol. The van der Waals surface area contributed by atoms with E-state index in [1.165, 1.54) is 6.07 Å². The second-order valence-electron chi connectivity index (χ2n) is 16.5. The molecule has 0 aliphatic carbocycles. The van der Waals surface area contributed by atoms with Gasteiger partial charge in [0.05, 0.1) is 16.8 Å². The van der Waals surface area contributed by atoms with Crippen molar-refractivity contribution in [3.8, 4) is 11.5 Å². The molecule has 3 atom stereocenters. The Bertz CT molecular complexity index is 2320. The lowest BCUT2D eigenvalue weighted by molar-refractivity contribution is -0.136. The Balaban J connectivity index is 0.911. The maximum Gasteiger partial charge on any atom is 0.262 e. The number of allylic oxidation sites excluding steroid dienone is 1. The first-order valence-electron chi connectivity index (χ1n) is 20.7. The number of hydrogen-bond acceptors (Lipinski definition) is 9. The maximum absolute atomic E-state index is 15.8. The van der Waals surface area contributed by atoms with Gasteiger partial charge in [-0.05, 0) is 122 Å². The van der Waals surface area contributed by atoms with Crippen molar-refractivity contribution in [2.45, 2.75) is 64.1 Å². The molecule has 3 fully saturated rings. The molecular formula is C47H49ClFN5O6. The number of nitrogens with zero attached hydrogens (tertiary/aromatic N) is 4. The second-order valence-corrected chi connectivity index (χ2v) is 16.9. The fourth-order valence-corrected chi connectivity index (χ4v) is 9.81. The molecule has 0 radical (unpaired) electrons. The topological polar surface area (TPSA) is 134 Å². The minimum atomic E-state index is -1.11. The number of imide groups is 2. The molecule has 3 saturated heterocycles. The number of halogens is 2. The summed E-state index contributed by atoms with van der Waals surface area (Å²) in [5.41, 5.74) is 6.46. The molecule has 4 aromatic carbocycles. The van der Waals surface area contributed by atoms with Gasteiger partial charge in [-0.25, -0.2) is 4.39 Å². The van der Waals surface area contributed by atoms with Gasteiger partial charge in [-0.3, -0.25) is 34.3 Å². The number of fused-ring (bicyclic) bond motifs is 1. The lowest BCUT2D eigenvalue weighted by Crippen LogP contribution is -2.58. The number of carbonyl (C=O) groups excluding carboxylic acids is 4. The molecule has 3 unspecified atom stereocenters. The third-order valence-electron chi connectivity index (χ3n) is 12.4. The number of nitrogens with one attached hydrogen (secondary N) is 1. The first-order chi connectivity index (χ1) is 28.9. The van der Waals surface area contributed by atoms with Crippen LogP contribution in [0.4, 0.5) is 15.8 Å². The third kappa shape index (κ3) is 8.10. The number of phenolic OH excluding ortho intramolecular Hbond substituents is 2. The van der Waals surface area contributed by atoms with Crippen LogP contribution < -0.4 is 15.1 Å². The predicted octanol–water partition coefficient (Wildman–Crippen LogP) is 7.04. The van der Waals surface area contributed by atoms with E-state index in [-0.39, 0.29) is 53.2 Å². The van der Waals surface area contributed by atoms with Gasteiger partial charge >= 0.3 is 0 Å². The molecule has 0 aromatic heterocycles. The van der Waals surface area contributed by atoms with E-state index in [0.717, 1.165) is 77.0 Å². The number of aromatic hydroxyl groups is 2. The number of piperazine rings is 1. The van der Waals surface area contributed by atoms with Crippen LogP contribution in [-0.2, 0) is 9.59 Å². The van der Waals surface area contributed by atoms with E-state index >= 15 is 4.39 Å². The molecule has 13 heteroatoms. The molecule has 4 aromatic rings. The minimum Gasteiger partial charge on any atom is -0.508 e. The molecule has 4 aliphatic rings. The van der Waals surface area contributed by atoms with Crippen LogP contribution in [0.1, 0.15) is 83.4 Å². The fourth-order valence-electron chi connectivity index (χ4n) is 9.62. The zero-order chi connectivity index (χ0) is 42.2. The molecule has 3 N–H and O–H groups in total. The Kier molecular flexibility index (Phi) is 11.7. The Morgan fingerprint density at radius 2 is 1.32 bits per heavy atom. The van der Waals surface area contributed by atoms with Gasteiger partial charge in [0.25, 0.3) is 11.8 Å². The van der Waals surface area contributed by atoms with E-state index in [1.54, 1.807) is 24.3 Å². The molecule has 4 heterocycles. The van der Waals surface area contributed by atoms with Gasteiger partial charge in [0.15, 0.2) is 0 Å². The summed E-state index contributed by atoms with van der Waals surface area (Å²) < 4.78 is 15.8. The van der Waals surface area contributed by atoms with Crippen molar-refractivity contribution >= 4 is 57.8 Å². The Hall–Kier alpha value is -5.72. The van der Waals surface area contributed by atoms with Crippen LogP contribution in [0.3, 0.4) is 0 Å². The average Bonchev–Trinajstić information content (AvgIpc) is 3.46. The normalized spacial score (nSPS) is 21.9. The number of alkyl halides is 1. The van der Waals surface area contributed by atoms with Gasteiger partial charge in [-0.1, -0.05) is 36.4 Å². The van der Waals surface area contributed by atoms with Crippen LogP contribution in [0, 0.1) is 11.7 Å². The standard InChI is InChI=1S/C47H49ClFN5O6/c1-28-25-51(26-29(2)53(28)42-24-39-38(23-40(42)49)46(59)54(47(39)60)41-15-16-43(57)50-45(41)58)27-30-18-21-52(22-19-30)34-9-3-32(4-10-34)44(33-7-13-36(56)14-8-33)37(17-20-48)31-5-11-35(55)12-6-31/h3-14,23-24,28-30,41,55-56H,15-22,25-27H2,1-2H3,(H,50,57,58). The van der Waals surface area contributed by atoms with Crippen molar-refractivity contribution in [1.29, 1.82) is 0 Å². The van der Waals surface area contributed by atoms with E-state index in [4.69, 9.17) is 11.6 Å². The van der Waals surface area contributed by atoms with Crippen LogP contribution in [0.5, 0.6) is 11.5 Å². The maximum atomic E-state index is 15.8. The third-order valence-corrected chi connectivity index (χ3v) is 12.6. The summed E-state index contributed by atoms with van der Waals surface area (Å²) in [5, 5.41) is 22.2. The number of phenols is 2. The SMILES string of the molecule is CC1CN(CC2CCN(c3ccc(C(=C(CCCl)c4ccc(O)cc4)c4ccc(O)cc4)cc3)CC2)CC(C)N1c1cc2c(cc1F)C(=O)N(C1CCC(=O)NC1=O)C2=O. The minimum absolute atomic E-state index is 0.0134. The Morgan fingerprint density at radius 1 is 0.767 bits per heavy atom. The number of carbonyl (C=O) groups is 4. The van der Waals surface area contributed by atoms with E-state index in [0.29, 0.717) is 31.3 Å². The number of piperidine rings is 2. The zero-order valence-electron chi connectivity index (χ0n) is 33.7. The van der Waals surface area contributed by atoms with Crippen LogP contribution >= 0.6 is 11.6 Å². The number of amides is 4. The van der Waals surface area contributed by atoms with Crippen LogP contribution in [0.25, 0.3) is 11.1 Å². The van der Waals surface area contributed by atoms with E-state index in [2.05, 4.69) is 53.2 Å². The molecule has 60 heavy (non-hydrogen) atoms. The van der Waals surface area contributed by atoms with Crippen LogP contribution in [0.15, 0.2) is 84.9 Å². The van der Waals surface area contributed by atoms with Crippen molar-refractivity contribution in [2.75, 3.05) is 48.4 Å². The van der Waals surface area contributed by atoms with Gasteiger partial charge in [-0.15, -0.1) is 11.6 Å². The molecular weight excluding hydrogens is 785 g/mol. The summed E-state index contributed by atoms with van der Waals surface area (Å²) in [7, 11) is 0. The number of hydrogen-bond donors (Lipinski definition) is 3. The lowest BCUT2D eigenvalue weighted by Gasteiger charge is -2.47. The number of benzene rings is 4. The predicted molar refractivity (Wildman–Crippen MR) is 230 cm³/mol. The number of rotatable bonds is 10. The summed E-state index contributed by atoms with van der Waals surface area (Å²) in [6.45, 7) is 8.30. The van der Waals surface area contributed by atoms with Gasteiger partial charge in [-0.2, -0.15) is 0 Å². The summed E-state index contributed by atoms with van der Waals surface area (Å²) in [6.07, 6.45) is 2.73. The Labute approximate surface area is 354 Å². The molecule has 0 saturated carbocycles. The van der Waals surface area contributed by atoms with Gasteiger partial charge in [0.1, 0.15) is 23.4 Å². The molecule has 0 bridgehead atoms. The highest BCUT2D eigenvalue weighted by Gasteiger charge is 2.46. The van der Waals surface area contributed by atoms with Crippen molar-refractivity contribution < 1.29 is 33.8 Å². The summed E-state index contributed by atoms with van der Waals surface area (Å²) in [6, 6.07) is 24.3. The van der Waals surface area contributed by atoms with Crippen molar-refractivity contribution in [2.24, 2.45) is 5.92 Å². The van der Waals surface area contributed by atoms with E-state index in [9.17, 15) is 29.4 Å². The van der Waals surface area contributed by atoms with Gasteiger partial charge in [0, 0.05) is 62.8 Å². The number of anilines is 2. The first kappa shape index (κ1) is 41.0. The highest BCUT2D eigenvalue weighted by Crippen LogP contribution is 2.38. The van der Waals surface area contributed by atoms with Crippen molar-refractivity contribution in [1.82, 2.24) is 15.1 Å². The molecule has 4 amide bonds. The van der Waals surface area contributed by atoms with Gasteiger partial charge < -0.3 is 20.0 Å². The van der Waals surface area contributed by atoms with Crippen LogP contribution in [0.2, 0.25) is 0 Å². The summed E-state index contributed by atoms with van der Waals surface area (Å²) >= 11 is 6.34. The molecule has 8 rings (SSSR count). The summed E-state index contributed by atoms with van der Waals surface area (Å²) in [4.78, 5) is 58.7. The van der Waals surface area contributed by atoms with E-state index < -0.39 is 35.5 Å². The largest absolute Gasteiger partial charge is 0.508 e.